The molecule has 0 radical (unpaired) electrons. The fourth-order valence-electron chi connectivity index (χ4n) is 4.04. The van der Waals surface area contributed by atoms with Crippen molar-refractivity contribution in [3.05, 3.63) is 107 Å². The van der Waals surface area contributed by atoms with E-state index in [1.807, 2.05) is 60.7 Å². The van der Waals surface area contributed by atoms with Crippen LogP contribution in [0.5, 0.6) is 0 Å². The molecule has 198 valence electrons. The molecule has 0 amide bonds. The zero-order valence-corrected chi connectivity index (χ0v) is 22.3. The molecule has 0 saturated carbocycles. The molecule has 3 aromatic carbocycles. The molecule has 4 rings (SSSR count). The number of nitrogens with zero attached hydrogens (tertiary/aromatic N) is 1. The molecule has 0 aliphatic carbocycles. The number of rotatable bonds is 11. The summed E-state index contributed by atoms with van der Waals surface area (Å²) in [5, 5.41) is 0.588. The van der Waals surface area contributed by atoms with Gasteiger partial charge in [0.2, 0.25) is 0 Å². The summed E-state index contributed by atoms with van der Waals surface area (Å²) >= 11 is 0. The smallest absolute Gasteiger partial charge is 0.419 e. The second-order valence-corrected chi connectivity index (χ2v) is 10.5. The third-order valence-electron chi connectivity index (χ3n) is 5.70. The maximum absolute atomic E-state index is 13.2. The summed E-state index contributed by atoms with van der Waals surface area (Å²) in [6, 6.07) is 25.3. The van der Waals surface area contributed by atoms with Gasteiger partial charge in [-0.25, -0.2) is 14.2 Å². The monoisotopic (exact) mass is 535 g/mol. The lowest BCUT2D eigenvalue weighted by atomic mass is 10.2. The van der Waals surface area contributed by atoms with Gasteiger partial charge in [-0.15, -0.1) is 0 Å². The van der Waals surface area contributed by atoms with Crippen LogP contribution in [0.3, 0.4) is 0 Å². The van der Waals surface area contributed by atoms with E-state index in [-0.39, 0.29) is 38.3 Å². The van der Waals surface area contributed by atoms with Gasteiger partial charge in [0, 0.05) is 5.39 Å². The highest BCUT2D eigenvalue weighted by atomic mass is 31.2. The van der Waals surface area contributed by atoms with Gasteiger partial charge in [-0.1, -0.05) is 66.7 Å². The van der Waals surface area contributed by atoms with Gasteiger partial charge in [-0.2, -0.15) is 0 Å². The Morgan fingerprint density at radius 2 is 1.32 bits per heavy atom. The summed E-state index contributed by atoms with van der Waals surface area (Å²) in [6.07, 6.45) is -0.653. The fraction of sp³-hybridized carbons (Fsp3) is 0.241. The zero-order chi connectivity index (χ0) is 27.0. The van der Waals surface area contributed by atoms with E-state index >= 15 is 0 Å². The van der Waals surface area contributed by atoms with Gasteiger partial charge in [-0.3, -0.25) is 4.57 Å². The molecule has 8 nitrogen and oxygen atoms in total. The van der Waals surface area contributed by atoms with Crippen LogP contribution >= 0.6 is 7.60 Å². The normalized spacial score (nSPS) is 11.4. The lowest BCUT2D eigenvalue weighted by Gasteiger charge is -2.17. The predicted molar refractivity (Wildman–Crippen MR) is 144 cm³/mol. The lowest BCUT2D eigenvalue weighted by Crippen LogP contribution is -2.20. The largest absolute Gasteiger partial charge is 0.456 e. The fourth-order valence-corrected chi connectivity index (χ4v) is 5.72. The molecule has 4 aromatic rings. The molecule has 1 aromatic heterocycles. The summed E-state index contributed by atoms with van der Waals surface area (Å²) in [5.41, 5.74) is 2.81. The van der Waals surface area contributed by atoms with E-state index in [1.165, 1.54) is 4.57 Å². The van der Waals surface area contributed by atoms with Crippen molar-refractivity contribution < 1.29 is 32.7 Å². The highest BCUT2D eigenvalue weighted by molar-refractivity contribution is 7.53. The molecule has 0 fully saturated rings. The lowest BCUT2D eigenvalue weighted by molar-refractivity contribution is 0.0458. The average Bonchev–Trinajstić information content (AvgIpc) is 3.30. The van der Waals surface area contributed by atoms with E-state index in [0.29, 0.717) is 16.5 Å². The summed E-state index contributed by atoms with van der Waals surface area (Å²) in [4.78, 5) is 26.4. The van der Waals surface area contributed by atoms with E-state index in [1.54, 1.807) is 38.1 Å². The second-order valence-electron chi connectivity index (χ2n) is 8.46. The Hall–Kier alpha value is -3.71. The maximum Gasteiger partial charge on any atom is 0.419 e. The summed E-state index contributed by atoms with van der Waals surface area (Å²) < 4.78 is 36.2. The third kappa shape index (κ3) is 6.78. The van der Waals surface area contributed by atoms with Crippen molar-refractivity contribution >= 4 is 30.6 Å². The number of hydrogen-bond donors (Lipinski definition) is 0. The molecule has 0 atom stereocenters. The second kappa shape index (κ2) is 12.7. The van der Waals surface area contributed by atoms with Gasteiger partial charge in [0.05, 0.1) is 24.9 Å². The molecular formula is C29H30NO7P. The van der Waals surface area contributed by atoms with Gasteiger partial charge in [0.25, 0.3) is 0 Å². The molecule has 0 aliphatic heterocycles. The van der Waals surface area contributed by atoms with Crippen LogP contribution in [-0.4, -0.2) is 29.8 Å². The summed E-state index contributed by atoms with van der Waals surface area (Å²) in [5.74, 6) is -0.669. The molecule has 38 heavy (non-hydrogen) atoms. The van der Waals surface area contributed by atoms with Crippen LogP contribution in [0.4, 0.5) is 4.79 Å². The van der Waals surface area contributed by atoms with Crippen LogP contribution in [0.2, 0.25) is 0 Å². The number of carbonyl (C=O) groups is 2. The Bertz CT molecular complexity index is 1420. The standard InChI is InChI=1S/C29H30NO7P/c1-3-36-38(33,37-4-2)21-24-15-16-26-25(17-24)18-27(28(31)34-19-22-11-7-5-8-12-22)30(26)29(32)35-20-23-13-9-6-10-14-23/h5-18H,3-4,19-21H2,1-2H3. The summed E-state index contributed by atoms with van der Waals surface area (Å²) in [6.45, 7) is 4.10. The molecule has 0 N–H and O–H groups in total. The van der Waals surface area contributed by atoms with Crippen molar-refractivity contribution in [1.82, 2.24) is 4.57 Å². The Morgan fingerprint density at radius 1 is 0.737 bits per heavy atom. The van der Waals surface area contributed by atoms with E-state index in [4.69, 9.17) is 18.5 Å². The van der Waals surface area contributed by atoms with Crippen molar-refractivity contribution in [3.63, 3.8) is 0 Å². The Labute approximate surface area is 221 Å². The first-order chi connectivity index (χ1) is 18.4. The minimum absolute atomic E-state index is 0.0314. The number of esters is 1. The van der Waals surface area contributed by atoms with Gasteiger partial charge in [0.15, 0.2) is 0 Å². The number of benzene rings is 3. The topological polar surface area (TPSA) is 93.1 Å². The Morgan fingerprint density at radius 3 is 1.89 bits per heavy atom. The molecule has 0 aliphatic rings. The molecule has 1 heterocycles. The van der Waals surface area contributed by atoms with Crippen LogP contribution in [0.25, 0.3) is 10.9 Å². The number of carbonyl (C=O) groups excluding carboxylic acids is 2. The van der Waals surface area contributed by atoms with Crippen molar-refractivity contribution in [1.29, 1.82) is 0 Å². The predicted octanol–water partition coefficient (Wildman–Crippen LogP) is 6.95. The summed E-state index contributed by atoms with van der Waals surface area (Å²) in [7, 11) is -3.34. The van der Waals surface area contributed by atoms with Gasteiger partial charge in [0.1, 0.15) is 18.9 Å². The van der Waals surface area contributed by atoms with E-state index in [2.05, 4.69) is 0 Å². The minimum Gasteiger partial charge on any atom is -0.456 e. The number of fused-ring (bicyclic) bond motifs is 1. The number of ether oxygens (including phenoxy) is 2. The quantitative estimate of drug-likeness (QED) is 0.152. The maximum atomic E-state index is 13.2. The molecule has 0 spiro atoms. The first-order valence-corrected chi connectivity index (χ1v) is 14.1. The van der Waals surface area contributed by atoms with Crippen LogP contribution < -0.4 is 0 Å². The van der Waals surface area contributed by atoms with Crippen molar-refractivity contribution in [2.24, 2.45) is 0 Å². The van der Waals surface area contributed by atoms with E-state index < -0.39 is 19.7 Å². The third-order valence-corrected chi connectivity index (χ3v) is 7.76. The van der Waals surface area contributed by atoms with Crippen molar-refractivity contribution in [3.8, 4) is 0 Å². The van der Waals surface area contributed by atoms with Crippen LogP contribution in [0, 0.1) is 0 Å². The highest BCUT2D eigenvalue weighted by Gasteiger charge is 2.26. The SMILES string of the molecule is CCOP(=O)(Cc1ccc2c(c1)cc(C(=O)OCc1ccccc1)n2C(=O)OCc1ccccc1)OCC. The van der Waals surface area contributed by atoms with E-state index in [0.717, 1.165) is 11.1 Å². The Kier molecular flexibility index (Phi) is 9.13. The van der Waals surface area contributed by atoms with E-state index in [9.17, 15) is 14.2 Å². The minimum atomic E-state index is -3.34. The first kappa shape index (κ1) is 27.3. The molecule has 0 bridgehead atoms. The molecule has 9 heteroatoms. The van der Waals surface area contributed by atoms with Gasteiger partial charge < -0.3 is 18.5 Å². The van der Waals surface area contributed by atoms with Crippen LogP contribution in [-0.2, 0) is 42.5 Å². The first-order valence-electron chi connectivity index (χ1n) is 12.4. The van der Waals surface area contributed by atoms with Crippen molar-refractivity contribution in [2.45, 2.75) is 33.2 Å². The Balaban J connectivity index is 1.65. The van der Waals surface area contributed by atoms with Gasteiger partial charge >= 0.3 is 19.7 Å². The number of aromatic nitrogens is 1. The van der Waals surface area contributed by atoms with Crippen LogP contribution in [0.1, 0.15) is 41.0 Å². The van der Waals surface area contributed by atoms with Gasteiger partial charge in [-0.05, 0) is 48.7 Å². The highest BCUT2D eigenvalue weighted by Crippen LogP contribution is 2.51. The van der Waals surface area contributed by atoms with Crippen LogP contribution in [0.15, 0.2) is 84.9 Å². The van der Waals surface area contributed by atoms with Crippen molar-refractivity contribution in [2.75, 3.05) is 13.2 Å². The molecule has 0 unspecified atom stereocenters. The molecule has 0 saturated heterocycles. The molecular weight excluding hydrogens is 505 g/mol. The zero-order valence-electron chi connectivity index (χ0n) is 21.4. The number of hydrogen-bond acceptors (Lipinski definition) is 7. The average molecular weight is 536 g/mol.